The molecular formula is C2H7O2PS. The lowest BCUT2D eigenvalue weighted by atomic mass is 11.0. The van der Waals surface area contributed by atoms with Crippen LogP contribution >= 0.6 is 7.78 Å². The van der Waals surface area contributed by atoms with Crippen LogP contribution in [0.15, 0.2) is 0 Å². The molecule has 1 N–H and O–H groups in total. The summed E-state index contributed by atoms with van der Waals surface area (Å²) in [5.41, 5.74) is 0. The molecule has 0 saturated heterocycles. The van der Waals surface area contributed by atoms with Crippen LogP contribution in [0.1, 0.15) is 6.92 Å². The highest BCUT2D eigenvalue weighted by Crippen LogP contribution is 2.10. The van der Waals surface area contributed by atoms with E-state index in [0.29, 0.717) is 0 Å². The van der Waals surface area contributed by atoms with E-state index in [-0.39, 0.29) is 7.78 Å². The molecule has 6 heavy (non-hydrogen) atoms. The number of rotatable bonds is 2. The minimum atomic E-state index is -1.54. The summed E-state index contributed by atoms with van der Waals surface area (Å²) in [6, 6.07) is 0. The topological polar surface area (TPSA) is 37.3 Å². The molecule has 0 fully saturated rings. The Morgan fingerprint density at radius 2 is 2.50 bits per heavy atom. The molecule has 0 amide bonds. The first-order chi connectivity index (χ1) is 2.77. The van der Waals surface area contributed by atoms with Gasteiger partial charge in [-0.2, -0.15) is 0 Å². The minimum Gasteiger partial charge on any atom is -0.303 e. The quantitative estimate of drug-likeness (QED) is 0.439. The van der Waals surface area contributed by atoms with Crippen molar-refractivity contribution in [1.29, 1.82) is 0 Å². The molecule has 0 heterocycles. The Bertz CT molecular complexity index is 55.5. The summed E-state index contributed by atoms with van der Waals surface area (Å²) in [5, 5.41) is 0. The lowest BCUT2D eigenvalue weighted by molar-refractivity contribution is 0.580. The highest BCUT2D eigenvalue weighted by atomic mass is 32.7. The highest BCUT2D eigenvalue weighted by molar-refractivity contribution is 8.36. The van der Waals surface area contributed by atoms with Gasteiger partial charge in [-0.25, -0.2) is 4.21 Å². The van der Waals surface area contributed by atoms with Crippen molar-refractivity contribution in [3.63, 3.8) is 0 Å². The van der Waals surface area contributed by atoms with Gasteiger partial charge in [0.15, 0.2) is 10.7 Å². The molecule has 2 atom stereocenters. The monoisotopic (exact) mass is 126 g/mol. The third-order valence-corrected chi connectivity index (χ3v) is 2.41. The van der Waals surface area contributed by atoms with Crippen molar-refractivity contribution in [3.8, 4) is 0 Å². The van der Waals surface area contributed by atoms with Crippen LogP contribution in [0.3, 0.4) is 0 Å². The summed E-state index contributed by atoms with van der Waals surface area (Å²) in [5.74, 6) is 0. The predicted molar refractivity (Wildman–Crippen MR) is 29.6 cm³/mol. The lowest BCUT2D eigenvalue weighted by Gasteiger charge is -1.81. The fraction of sp³-hybridized carbons (Fsp3) is 1.00. The van der Waals surface area contributed by atoms with Gasteiger partial charge in [0, 0.05) is 7.78 Å². The molecule has 0 aliphatic heterocycles. The van der Waals surface area contributed by atoms with E-state index in [4.69, 9.17) is 4.55 Å². The highest BCUT2D eigenvalue weighted by Gasteiger charge is 1.83. The first kappa shape index (κ1) is 6.54. The number of hydrogen-bond donors (Lipinski definition) is 1. The van der Waals surface area contributed by atoms with Crippen molar-refractivity contribution in [2.24, 2.45) is 0 Å². The van der Waals surface area contributed by atoms with Crippen molar-refractivity contribution in [2.45, 2.75) is 6.92 Å². The van der Waals surface area contributed by atoms with Gasteiger partial charge in [0.05, 0.1) is 0 Å². The van der Waals surface area contributed by atoms with Gasteiger partial charge >= 0.3 is 0 Å². The van der Waals surface area contributed by atoms with Crippen LogP contribution in [0.4, 0.5) is 0 Å². The Morgan fingerprint density at radius 3 is 2.50 bits per heavy atom. The Balaban J connectivity index is 2.83. The fourth-order valence-electron chi connectivity index (χ4n) is 0.123. The van der Waals surface area contributed by atoms with Crippen LogP contribution in [-0.4, -0.2) is 14.9 Å². The SMILES string of the molecule is CCPS(=O)O. The summed E-state index contributed by atoms with van der Waals surface area (Å²) >= 11 is 0. The molecule has 0 bridgehead atoms. The second-order valence-electron chi connectivity index (χ2n) is 0.747. The molecule has 0 aromatic rings. The average molecular weight is 126 g/mol. The van der Waals surface area contributed by atoms with Gasteiger partial charge in [-0.05, 0) is 6.16 Å². The molecule has 0 aliphatic carbocycles. The molecule has 38 valence electrons. The van der Waals surface area contributed by atoms with E-state index in [1.54, 1.807) is 0 Å². The maximum Gasteiger partial charge on any atom is 0.170 e. The van der Waals surface area contributed by atoms with Gasteiger partial charge in [0.2, 0.25) is 0 Å². The Labute approximate surface area is 41.1 Å². The number of hydrogen-bond acceptors (Lipinski definition) is 1. The van der Waals surface area contributed by atoms with Crippen LogP contribution in [-0.2, 0) is 10.7 Å². The van der Waals surface area contributed by atoms with E-state index in [1.165, 1.54) is 0 Å². The van der Waals surface area contributed by atoms with Crippen molar-refractivity contribution in [3.05, 3.63) is 0 Å². The molecule has 0 aliphatic rings. The normalized spacial score (nSPS) is 16.3. The van der Waals surface area contributed by atoms with Crippen LogP contribution in [0, 0.1) is 0 Å². The van der Waals surface area contributed by atoms with Gasteiger partial charge in [-0.3, -0.25) is 0 Å². The molecule has 0 rings (SSSR count). The van der Waals surface area contributed by atoms with Crippen LogP contribution in [0.25, 0.3) is 0 Å². The average Bonchev–Trinajstić information content (AvgIpc) is 1.35. The molecule has 0 saturated carbocycles. The third-order valence-electron chi connectivity index (χ3n) is 0.268. The van der Waals surface area contributed by atoms with Gasteiger partial charge in [-0.15, -0.1) is 0 Å². The van der Waals surface area contributed by atoms with E-state index in [0.717, 1.165) is 6.16 Å². The van der Waals surface area contributed by atoms with Crippen LogP contribution < -0.4 is 0 Å². The maximum absolute atomic E-state index is 9.72. The third kappa shape index (κ3) is 4.54. The second kappa shape index (κ2) is 3.72. The fourth-order valence-corrected chi connectivity index (χ4v) is 1.11. The standard InChI is InChI=1S/C2H7O2PS/c1-2-5-6(3)4/h5H,2H2,1H3,(H,3,4). The van der Waals surface area contributed by atoms with Crippen molar-refractivity contribution in [1.82, 2.24) is 0 Å². The zero-order valence-corrected chi connectivity index (χ0v) is 5.29. The second-order valence-corrected chi connectivity index (χ2v) is 4.15. The molecule has 2 unspecified atom stereocenters. The maximum atomic E-state index is 9.72. The first-order valence-electron chi connectivity index (χ1n) is 1.61. The smallest absolute Gasteiger partial charge is 0.170 e. The van der Waals surface area contributed by atoms with Crippen LogP contribution in [0.2, 0.25) is 0 Å². The summed E-state index contributed by atoms with van der Waals surface area (Å²) in [7, 11) is -1.34. The molecule has 0 aromatic carbocycles. The molecule has 0 aromatic heterocycles. The Kier molecular flexibility index (Phi) is 4.06. The summed E-state index contributed by atoms with van der Waals surface area (Å²) in [6.07, 6.45) is 0.809. The van der Waals surface area contributed by atoms with Gasteiger partial charge in [-0.1, -0.05) is 6.92 Å². The Hall–Kier alpha value is 0.540. The van der Waals surface area contributed by atoms with Crippen molar-refractivity contribution < 1.29 is 8.76 Å². The predicted octanol–water partition coefficient (Wildman–Crippen LogP) is 0.822. The van der Waals surface area contributed by atoms with E-state index in [1.807, 2.05) is 6.92 Å². The Morgan fingerprint density at radius 1 is 2.00 bits per heavy atom. The first-order valence-corrected chi connectivity index (χ1v) is 4.65. The van der Waals surface area contributed by atoms with Crippen molar-refractivity contribution in [2.75, 3.05) is 6.16 Å². The van der Waals surface area contributed by atoms with Crippen LogP contribution in [0.5, 0.6) is 0 Å². The summed E-state index contributed by atoms with van der Waals surface area (Å²) in [6.45, 7) is 1.88. The zero-order chi connectivity index (χ0) is 4.99. The van der Waals surface area contributed by atoms with E-state index >= 15 is 0 Å². The largest absolute Gasteiger partial charge is 0.303 e. The summed E-state index contributed by atoms with van der Waals surface area (Å²) < 4.78 is 17.8. The molecule has 0 spiro atoms. The summed E-state index contributed by atoms with van der Waals surface area (Å²) in [4.78, 5) is 0. The van der Waals surface area contributed by atoms with E-state index in [9.17, 15) is 4.21 Å². The van der Waals surface area contributed by atoms with Gasteiger partial charge in [0.1, 0.15) is 0 Å². The molecular weight excluding hydrogens is 119 g/mol. The van der Waals surface area contributed by atoms with E-state index in [2.05, 4.69) is 0 Å². The zero-order valence-electron chi connectivity index (χ0n) is 3.47. The molecule has 0 radical (unpaired) electrons. The van der Waals surface area contributed by atoms with Crippen molar-refractivity contribution >= 4 is 18.5 Å². The lowest BCUT2D eigenvalue weighted by Crippen LogP contribution is -1.71. The van der Waals surface area contributed by atoms with Gasteiger partial charge < -0.3 is 4.55 Å². The molecule has 2 nitrogen and oxygen atoms in total. The van der Waals surface area contributed by atoms with E-state index < -0.39 is 10.7 Å². The minimum absolute atomic E-state index is 0.199. The van der Waals surface area contributed by atoms with Gasteiger partial charge in [0.25, 0.3) is 0 Å². The molecule has 4 heteroatoms.